The maximum atomic E-state index is 11.2. The summed E-state index contributed by atoms with van der Waals surface area (Å²) in [6.07, 6.45) is 2.90. The average molecular weight is 456 g/mol. The van der Waals surface area contributed by atoms with E-state index in [1.54, 1.807) is 6.20 Å². The van der Waals surface area contributed by atoms with Gasteiger partial charge in [-0.05, 0) is 41.5 Å². The van der Waals surface area contributed by atoms with Crippen LogP contribution in [0.1, 0.15) is 22.7 Å². The maximum Gasteiger partial charge on any atom is 0.407 e. The summed E-state index contributed by atoms with van der Waals surface area (Å²) in [4.78, 5) is 29.0. The number of pyridine rings is 2. The monoisotopic (exact) mass is 455 g/mol. The summed E-state index contributed by atoms with van der Waals surface area (Å²) >= 11 is 0. The number of hydrogen-bond donors (Lipinski definition) is 1. The number of hydrogen-bond acceptors (Lipinski definition) is 7. The molecule has 9 nitrogen and oxygen atoms in total. The molecule has 2 fully saturated rings. The average Bonchev–Trinajstić information content (AvgIpc) is 3.25. The lowest BCUT2D eigenvalue weighted by atomic mass is 10.0. The minimum absolute atomic E-state index is 0.275. The van der Waals surface area contributed by atoms with Crippen molar-refractivity contribution in [2.45, 2.75) is 12.6 Å². The highest BCUT2D eigenvalue weighted by molar-refractivity contribution is 5.95. The van der Waals surface area contributed by atoms with Gasteiger partial charge in [-0.25, -0.2) is 9.78 Å². The molecule has 9 heteroatoms. The number of carbonyl (C=O) groups is 1. The van der Waals surface area contributed by atoms with Crippen LogP contribution in [-0.2, 0) is 6.54 Å². The Kier molecular flexibility index (Phi) is 4.96. The summed E-state index contributed by atoms with van der Waals surface area (Å²) in [6, 6.07) is 12.6. The number of aromatic nitrogens is 2. The van der Waals surface area contributed by atoms with Crippen molar-refractivity contribution in [3.8, 4) is 6.07 Å². The number of anilines is 2. The van der Waals surface area contributed by atoms with Crippen LogP contribution in [-0.4, -0.2) is 76.8 Å². The molecule has 0 aliphatic carbocycles. The number of piperazine rings is 2. The van der Waals surface area contributed by atoms with Gasteiger partial charge in [0.05, 0.1) is 17.1 Å². The number of benzene rings is 1. The largest absolute Gasteiger partial charge is 0.465 e. The summed E-state index contributed by atoms with van der Waals surface area (Å²) in [5, 5.41) is 19.7. The highest BCUT2D eigenvalue weighted by Crippen LogP contribution is 2.39. The highest BCUT2D eigenvalue weighted by Gasteiger charge is 2.36. The smallest absolute Gasteiger partial charge is 0.407 e. The third-order valence-corrected chi connectivity index (χ3v) is 7.32. The van der Waals surface area contributed by atoms with Crippen molar-refractivity contribution in [3.05, 3.63) is 59.4 Å². The third-order valence-electron chi connectivity index (χ3n) is 7.32. The van der Waals surface area contributed by atoms with Crippen LogP contribution in [0.4, 0.5) is 16.3 Å². The van der Waals surface area contributed by atoms with E-state index in [1.807, 2.05) is 30.5 Å². The zero-order valence-corrected chi connectivity index (χ0v) is 18.8. The van der Waals surface area contributed by atoms with Crippen molar-refractivity contribution in [2.75, 3.05) is 55.6 Å². The van der Waals surface area contributed by atoms with E-state index >= 15 is 0 Å². The third kappa shape index (κ3) is 3.38. The van der Waals surface area contributed by atoms with Gasteiger partial charge in [-0.1, -0.05) is 0 Å². The normalized spacial score (nSPS) is 20.2. The standard InChI is InChI=1S/C25H25N7O2/c26-13-17-3-4-21(19-2-1-5-27-24(17)19)32-11-10-31-15-18-12-23(28-14-20(18)22(31)16-32)29-6-8-30(9-7-29)25(33)34/h1-5,12,14,22H,6-11,15-16H2,(H,33,34). The number of carboxylic acid groups (broad SMARTS) is 1. The quantitative estimate of drug-likeness (QED) is 0.630. The van der Waals surface area contributed by atoms with Crippen LogP contribution < -0.4 is 9.80 Å². The van der Waals surface area contributed by atoms with Gasteiger partial charge in [0.25, 0.3) is 0 Å². The van der Waals surface area contributed by atoms with E-state index < -0.39 is 6.09 Å². The molecule has 0 bridgehead atoms. The Balaban J connectivity index is 1.24. The second-order valence-corrected chi connectivity index (χ2v) is 9.07. The molecular formula is C25H25N7O2. The lowest BCUT2D eigenvalue weighted by Gasteiger charge is -2.39. The Morgan fingerprint density at radius 3 is 2.68 bits per heavy atom. The first-order chi connectivity index (χ1) is 16.6. The van der Waals surface area contributed by atoms with Crippen molar-refractivity contribution < 1.29 is 9.90 Å². The first kappa shape index (κ1) is 20.7. The fraction of sp³-hybridized carbons (Fsp3) is 0.360. The van der Waals surface area contributed by atoms with Crippen LogP contribution in [0.5, 0.6) is 0 Å². The molecule has 2 aromatic heterocycles. The molecule has 1 atom stereocenters. The number of nitriles is 1. The fourth-order valence-electron chi connectivity index (χ4n) is 5.50. The zero-order chi connectivity index (χ0) is 23.2. The van der Waals surface area contributed by atoms with Gasteiger partial charge in [-0.15, -0.1) is 0 Å². The van der Waals surface area contributed by atoms with Gasteiger partial charge < -0.3 is 19.8 Å². The predicted molar refractivity (Wildman–Crippen MR) is 128 cm³/mol. The maximum absolute atomic E-state index is 11.2. The Morgan fingerprint density at radius 1 is 1.06 bits per heavy atom. The van der Waals surface area contributed by atoms with Gasteiger partial charge in [0.15, 0.2) is 0 Å². The molecule has 3 aliphatic heterocycles. The van der Waals surface area contributed by atoms with E-state index in [1.165, 1.54) is 16.0 Å². The zero-order valence-electron chi connectivity index (χ0n) is 18.8. The first-order valence-electron chi connectivity index (χ1n) is 11.6. The SMILES string of the molecule is N#Cc1ccc(N2CCN3Cc4cc(N5CCN(C(=O)O)CC5)ncc4C3C2)c2cccnc12. The van der Waals surface area contributed by atoms with E-state index in [2.05, 4.69) is 31.8 Å². The minimum Gasteiger partial charge on any atom is -0.465 e. The molecule has 34 heavy (non-hydrogen) atoms. The van der Waals surface area contributed by atoms with Crippen LogP contribution in [0.25, 0.3) is 10.9 Å². The van der Waals surface area contributed by atoms with E-state index in [0.29, 0.717) is 31.7 Å². The van der Waals surface area contributed by atoms with Gasteiger partial charge >= 0.3 is 6.09 Å². The predicted octanol–water partition coefficient (Wildman–Crippen LogP) is 2.68. The van der Waals surface area contributed by atoms with Crippen LogP contribution >= 0.6 is 0 Å². The Morgan fingerprint density at radius 2 is 1.88 bits per heavy atom. The first-order valence-corrected chi connectivity index (χ1v) is 11.6. The molecule has 172 valence electrons. The van der Waals surface area contributed by atoms with Crippen molar-refractivity contribution in [2.24, 2.45) is 0 Å². The summed E-state index contributed by atoms with van der Waals surface area (Å²) < 4.78 is 0. The van der Waals surface area contributed by atoms with Crippen LogP contribution in [0.15, 0.2) is 42.7 Å². The summed E-state index contributed by atoms with van der Waals surface area (Å²) in [5.41, 5.74) is 5.06. The lowest BCUT2D eigenvalue weighted by Crippen LogP contribution is -2.48. The lowest BCUT2D eigenvalue weighted by molar-refractivity contribution is 0.142. The highest BCUT2D eigenvalue weighted by atomic mass is 16.4. The summed E-state index contributed by atoms with van der Waals surface area (Å²) in [7, 11) is 0. The van der Waals surface area contributed by atoms with Crippen molar-refractivity contribution in [1.82, 2.24) is 19.8 Å². The molecule has 6 rings (SSSR count). The topological polar surface area (TPSA) is 99.8 Å². The molecule has 2 saturated heterocycles. The molecule has 0 saturated carbocycles. The van der Waals surface area contributed by atoms with Crippen LogP contribution in [0.2, 0.25) is 0 Å². The van der Waals surface area contributed by atoms with Gasteiger partial charge in [-0.2, -0.15) is 5.26 Å². The number of rotatable bonds is 2. The molecule has 0 radical (unpaired) electrons. The molecule has 1 unspecified atom stereocenters. The molecule has 1 N–H and O–H groups in total. The summed E-state index contributed by atoms with van der Waals surface area (Å²) in [6.45, 7) is 5.98. The number of nitrogens with zero attached hydrogens (tertiary/aromatic N) is 7. The molecule has 1 amide bonds. The van der Waals surface area contributed by atoms with Crippen LogP contribution in [0, 0.1) is 11.3 Å². The van der Waals surface area contributed by atoms with Crippen molar-refractivity contribution >= 4 is 28.5 Å². The van der Waals surface area contributed by atoms with E-state index in [9.17, 15) is 15.2 Å². The second-order valence-electron chi connectivity index (χ2n) is 9.07. The number of fused-ring (bicyclic) bond motifs is 4. The van der Waals surface area contributed by atoms with Gasteiger partial charge in [0.2, 0.25) is 0 Å². The molecule has 0 spiro atoms. The van der Waals surface area contributed by atoms with Crippen LogP contribution in [0.3, 0.4) is 0 Å². The minimum atomic E-state index is -0.853. The van der Waals surface area contributed by atoms with Gasteiger partial charge in [0, 0.05) is 75.8 Å². The Bertz CT molecular complexity index is 1310. The van der Waals surface area contributed by atoms with Crippen molar-refractivity contribution in [1.29, 1.82) is 5.26 Å². The van der Waals surface area contributed by atoms with Gasteiger partial charge in [-0.3, -0.25) is 9.88 Å². The second kappa shape index (κ2) is 8.15. The Labute approximate surface area is 197 Å². The van der Waals surface area contributed by atoms with E-state index in [4.69, 9.17) is 4.98 Å². The molecule has 1 aromatic carbocycles. The van der Waals surface area contributed by atoms with Gasteiger partial charge in [0.1, 0.15) is 11.9 Å². The molecule has 5 heterocycles. The Hall–Kier alpha value is -3.90. The molecule has 3 aliphatic rings. The molecule has 3 aromatic rings. The van der Waals surface area contributed by atoms with E-state index in [-0.39, 0.29) is 6.04 Å². The van der Waals surface area contributed by atoms with E-state index in [0.717, 1.165) is 48.6 Å². The summed E-state index contributed by atoms with van der Waals surface area (Å²) in [5.74, 6) is 0.935. The number of amides is 1. The fourth-order valence-corrected chi connectivity index (χ4v) is 5.50. The van der Waals surface area contributed by atoms with Crippen molar-refractivity contribution in [3.63, 3.8) is 0 Å². The molecular weight excluding hydrogens is 430 g/mol.